The van der Waals surface area contributed by atoms with E-state index in [1.54, 1.807) is 6.07 Å². The minimum atomic E-state index is -4.27. The first kappa shape index (κ1) is 32.8. The Morgan fingerprint density at radius 1 is 1.13 bits per heavy atom. The fourth-order valence-corrected chi connectivity index (χ4v) is 6.63. The molecule has 2 atom stereocenters. The molecule has 4 heterocycles. The number of rotatable bonds is 7. The number of hydrogen-bond acceptors (Lipinski definition) is 7. The average Bonchev–Trinajstić information content (AvgIpc) is 3.55. The van der Waals surface area contributed by atoms with Crippen LogP contribution in [0.4, 0.5) is 36.6 Å². The number of carbonyl (C=O) groups excluding carboxylic acids is 2. The summed E-state index contributed by atoms with van der Waals surface area (Å²) in [6.07, 6.45) is -6.13. The molecule has 1 saturated carbocycles. The molecule has 1 aromatic carbocycles. The zero-order chi connectivity index (χ0) is 33.8. The number of anilines is 1. The molecule has 0 unspecified atom stereocenters. The van der Waals surface area contributed by atoms with Crippen molar-refractivity contribution in [3.8, 4) is 17.0 Å². The molecule has 2 aliphatic heterocycles. The third-order valence-electron chi connectivity index (χ3n) is 9.23. The van der Waals surface area contributed by atoms with E-state index >= 15 is 4.39 Å². The van der Waals surface area contributed by atoms with Gasteiger partial charge in [0.15, 0.2) is 5.82 Å². The molecule has 2 amide bonds. The second-order valence-electron chi connectivity index (χ2n) is 12.4. The van der Waals surface area contributed by atoms with E-state index in [2.05, 4.69) is 15.4 Å². The molecule has 3 aromatic rings. The number of alkyl halides is 6. The summed E-state index contributed by atoms with van der Waals surface area (Å²) >= 11 is 0. The predicted molar refractivity (Wildman–Crippen MR) is 154 cm³/mol. The number of nitrogens with zero attached hydrogens (tertiary/aromatic N) is 5. The highest BCUT2D eigenvalue weighted by molar-refractivity contribution is 5.98. The second kappa shape index (κ2) is 12.1. The highest BCUT2D eigenvalue weighted by Crippen LogP contribution is 2.44. The lowest BCUT2D eigenvalue weighted by Gasteiger charge is -2.36. The van der Waals surface area contributed by atoms with Crippen LogP contribution in [0.5, 0.6) is 5.75 Å². The van der Waals surface area contributed by atoms with E-state index in [9.17, 15) is 35.9 Å². The summed E-state index contributed by atoms with van der Waals surface area (Å²) in [7, 11) is 1.22. The molecule has 6 rings (SSSR count). The number of ether oxygens (including phenoxy) is 1. The molecule has 0 bridgehead atoms. The first-order valence-corrected chi connectivity index (χ1v) is 15.0. The maximum atomic E-state index is 15.6. The molecular formula is C30H32F7N7O3. The van der Waals surface area contributed by atoms with E-state index in [0.717, 1.165) is 17.3 Å². The van der Waals surface area contributed by atoms with Crippen LogP contribution in [0, 0.1) is 17.7 Å². The van der Waals surface area contributed by atoms with Gasteiger partial charge in [-0.05, 0) is 43.6 Å². The summed E-state index contributed by atoms with van der Waals surface area (Å²) in [6.45, 7) is -0.0555. The maximum absolute atomic E-state index is 15.6. The van der Waals surface area contributed by atoms with Gasteiger partial charge in [0.2, 0.25) is 11.8 Å². The molecule has 0 spiro atoms. The molecule has 3 N–H and O–H groups in total. The van der Waals surface area contributed by atoms with Crippen molar-refractivity contribution in [2.75, 3.05) is 39.0 Å². The molecule has 2 saturated heterocycles. The maximum Gasteiger partial charge on any atom is 0.391 e. The van der Waals surface area contributed by atoms with Crippen LogP contribution in [0.25, 0.3) is 16.8 Å². The quantitative estimate of drug-likeness (QED) is 0.362. The minimum absolute atomic E-state index is 0.0539. The zero-order valence-electron chi connectivity index (χ0n) is 25.2. The van der Waals surface area contributed by atoms with Crippen molar-refractivity contribution in [1.82, 2.24) is 29.7 Å². The van der Waals surface area contributed by atoms with Gasteiger partial charge in [-0.2, -0.15) is 18.3 Å². The highest BCUT2D eigenvalue weighted by atomic mass is 19.4. The Morgan fingerprint density at radius 3 is 2.47 bits per heavy atom. The van der Waals surface area contributed by atoms with Gasteiger partial charge < -0.3 is 20.7 Å². The summed E-state index contributed by atoms with van der Waals surface area (Å²) in [5.74, 6) is -7.55. The van der Waals surface area contributed by atoms with Gasteiger partial charge in [-0.1, -0.05) is 0 Å². The summed E-state index contributed by atoms with van der Waals surface area (Å²) in [4.78, 5) is 33.0. The van der Waals surface area contributed by atoms with E-state index in [1.807, 2.05) is 4.90 Å². The lowest BCUT2D eigenvalue weighted by Crippen LogP contribution is -2.47. The number of piperidine rings is 1. The van der Waals surface area contributed by atoms with Crippen molar-refractivity contribution in [2.45, 2.75) is 56.5 Å². The van der Waals surface area contributed by atoms with Gasteiger partial charge in [-0.25, -0.2) is 27.1 Å². The lowest BCUT2D eigenvalue weighted by atomic mass is 9.80. The topological polar surface area (TPSA) is 118 Å². The van der Waals surface area contributed by atoms with E-state index < -0.39 is 66.6 Å². The van der Waals surface area contributed by atoms with E-state index in [4.69, 9.17) is 10.5 Å². The smallest absolute Gasteiger partial charge is 0.391 e. The molecule has 10 nitrogen and oxygen atoms in total. The number of nitrogens with two attached hydrogens (primary N) is 1. The van der Waals surface area contributed by atoms with Crippen LogP contribution in [-0.4, -0.2) is 93.8 Å². The molecule has 2 aromatic heterocycles. The number of amides is 2. The fraction of sp³-hybridized carbons (Fsp3) is 0.533. The lowest BCUT2D eigenvalue weighted by molar-refractivity contribution is -0.185. The first-order valence-electron chi connectivity index (χ1n) is 15.0. The van der Waals surface area contributed by atoms with Crippen LogP contribution >= 0.6 is 0 Å². The normalized spacial score (nSPS) is 22.4. The number of halogens is 7. The molecule has 17 heteroatoms. The summed E-state index contributed by atoms with van der Waals surface area (Å²) < 4.78 is 103. The van der Waals surface area contributed by atoms with Crippen LogP contribution in [0.1, 0.15) is 41.6 Å². The van der Waals surface area contributed by atoms with E-state index in [0.29, 0.717) is 11.1 Å². The Kier molecular flexibility index (Phi) is 8.47. The van der Waals surface area contributed by atoms with Gasteiger partial charge in [-0.15, -0.1) is 0 Å². The van der Waals surface area contributed by atoms with E-state index in [-0.39, 0.29) is 74.0 Å². The summed E-state index contributed by atoms with van der Waals surface area (Å²) in [6, 6.07) is 2.60. The van der Waals surface area contributed by atoms with Crippen LogP contribution < -0.4 is 15.8 Å². The third-order valence-corrected chi connectivity index (χ3v) is 9.23. The number of hydrogen-bond donors (Lipinski definition) is 2. The van der Waals surface area contributed by atoms with Crippen LogP contribution in [0.15, 0.2) is 24.5 Å². The molecule has 3 aliphatic rings. The predicted octanol–water partition coefficient (Wildman–Crippen LogP) is 4.22. The number of fused-ring (bicyclic) bond motifs is 1. The van der Waals surface area contributed by atoms with Crippen molar-refractivity contribution in [3.63, 3.8) is 0 Å². The summed E-state index contributed by atoms with van der Waals surface area (Å²) in [5.41, 5.74) is 6.92. The van der Waals surface area contributed by atoms with Crippen molar-refractivity contribution in [3.05, 3.63) is 41.5 Å². The number of likely N-dealkylation sites (tertiary alicyclic amines) is 2. The Hall–Kier alpha value is -4.15. The largest absolute Gasteiger partial charge is 0.496 e. The van der Waals surface area contributed by atoms with Gasteiger partial charge in [-0.3, -0.25) is 14.5 Å². The van der Waals surface area contributed by atoms with Crippen molar-refractivity contribution < 1.29 is 45.1 Å². The van der Waals surface area contributed by atoms with Gasteiger partial charge in [0.1, 0.15) is 29.6 Å². The average molecular weight is 672 g/mol. The van der Waals surface area contributed by atoms with Crippen LogP contribution in [-0.2, 0) is 11.3 Å². The molecule has 254 valence electrons. The summed E-state index contributed by atoms with van der Waals surface area (Å²) in [5, 5.41) is 6.73. The number of benzene rings is 1. The number of aromatic nitrogens is 3. The number of methoxy groups -OCH3 is 1. The number of nitrogen functional groups attached to an aromatic ring is 1. The Labute approximate surface area is 264 Å². The van der Waals surface area contributed by atoms with Gasteiger partial charge in [0.25, 0.3) is 5.91 Å². The SMILES string of the molecule is COc1cc(F)c(-c2cc(CN3CCC(C(F)(F)F)CC3)c3c(N)ncnn23)cc1C(=O)N[C@@H]1CN(C(=O)C2CC(F)(F)C2)C[C@@H]1F. The second-order valence-corrected chi connectivity index (χ2v) is 12.4. The van der Waals surface area contributed by atoms with Crippen LogP contribution in [0.2, 0.25) is 0 Å². The van der Waals surface area contributed by atoms with Crippen molar-refractivity contribution in [2.24, 2.45) is 11.8 Å². The number of nitrogens with one attached hydrogen (secondary N) is 1. The van der Waals surface area contributed by atoms with Crippen LogP contribution in [0.3, 0.4) is 0 Å². The Morgan fingerprint density at radius 2 is 1.83 bits per heavy atom. The minimum Gasteiger partial charge on any atom is -0.496 e. The van der Waals surface area contributed by atoms with E-state index in [1.165, 1.54) is 17.7 Å². The molecule has 3 fully saturated rings. The van der Waals surface area contributed by atoms with Gasteiger partial charge in [0, 0.05) is 43.5 Å². The molecule has 1 aliphatic carbocycles. The Bertz CT molecular complexity index is 1680. The molecular weight excluding hydrogens is 639 g/mol. The standard InChI is InChI=1S/C30H32F7N7O3/c1-47-24-8-20(31)18(7-19(24)27(45)41-22-13-43(12-21(22)32)28(46)16-9-29(33,34)10-16)23-6-15(25-26(38)39-14-40-44(23)25)11-42-4-2-17(3-5-42)30(35,36)37/h6-8,14,16-17,21-22H,2-5,9-13H2,1H3,(H,41,45)(H2,38,39,40)/t21-,22+/m0/s1. The molecule has 47 heavy (non-hydrogen) atoms. The molecule has 0 radical (unpaired) electrons. The fourth-order valence-electron chi connectivity index (χ4n) is 6.63. The van der Waals surface area contributed by atoms with Crippen molar-refractivity contribution in [1.29, 1.82) is 0 Å². The highest BCUT2D eigenvalue weighted by Gasteiger charge is 2.51. The zero-order valence-corrected chi connectivity index (χ0v) is 25.2. The monoisotopic (exact) mass is 671 g/mol. The van der Waals surface area contributed by atoms with Crippen molar-refractivity contribution >= 4 is 23.1 Å². The van der Waals surface area contributed by atoms with Gasteiger partial charge in [0.05, 0.1) is 36.9 Å². The number of carbonyl (C=O) groups is 2. The first-order chi connectivity index (χ1) is 22.1. The Balaban J connectivity index is 1.25. The van der Waals surface area contributed by atoms with Gasteiger partial charge >= 0.3 is 6.18 Å². The third kappa shape index (κ3) is 6.41.